The summed E-state index contributed by atoms with van der Waals surface area (Å²) in [5.74, 6) is -3.69. The number of carboxylic acids is 1. The fraction of sp³-hybridized carbons (Fsp3) is 0.286. The van der Waals surface area contributed by atoms with Crippen molar-refractivity contribution >= 4 is 29.3 Å². The molecule has 29 heavy (non-hydrogen) atoms. The normalized spacial score (nSPS) is 12.3. The lowest BCUT2D eigenvalue weighted by Crippen LogP contribution is -2.18. The molecular formula is C21H18O8. The maximum Gasteiger partial charge on any atom is 0.313 e. The molecule has 3 rings (SSSR count). The third-order valence-electron chi connectivity index (χ3n) is 4.48. The fourth-order valence-corrected chi connectivity index (χ4v) is 3.02. The van der Waals surface area contributed by atoms with Crippen LogP contribution < -0.4 is 0 Å². The average Bonchev–Trinajstić information content (AvgIpc) is 3.15. The maximum atomic E-state index is 12.5. The Balaban J connectivity index is 1.58. The van der Waals surface area contributed by atoms with Gasteiger partial charge in [-0.15, -0.1) is 0 Å². The molecule has 1 N–H and O–H groups in total. The highest BCUT2D eigenvalue weighted by Gasteiger charge is 2.34. The van der Waals surface area contributed by atoms with Gasteiger partial charge in [-0.1, -0.05) is 24.3 Å². The van der Waals surface area contributed by atoms with Crippen molar-refractivity contribution in [1.29, 1.82) is 0 Å². The van der Waals surface area contributed by atoms with Crippen LogP contribution in [0.15, 0.2) is 34.7 Å². The Morgan fingerprint density at radius 2 is 1.62 bits per heavy atom. The Morgan fingerprint density at radius 1 is 0.931 bits per heavy atom. The van der Waals surface area contributed by atoms with Crippen molar-refractivity contribution in [2.45, 2.75) is 32.1 Å². The van der Waals surface area contributed by atoms with E-state index in [-0.39, 0.29) is 41.2 Å². The monoisotopic (exact) mass is 398 g/mol. The number of hydrogen-bond acceptors (Lipinski definition) is 7. The average molecular weight is 398 g/mol. The molecule has 1 aliphatic rings. The van der Waals surface area contributed by atoms with Gasteiger partial charge in [0.05, 0.1) is 12.2 Å². The quantitative estimate of drug-likeness (QED) is 0.252. The number of ether oxygens (including phenoxy) is 1. The van der Waals surface area contributed by atoms with Gasteiger partial charge in [-0.2, -0.15) is 0 Å². The van der Waals surface area contributed by atoms with Crippen LogP contribution in [0.2, 0.25) is 0 Å². The van der Waals surface area contributed by atoms with Gasteiger partial charge < -0.3 is 14.3 Å². The summed E-state index contributed by atoms with van der Waals surface area (Å²) < 4.78 is 10.3. The van der Waals surface area contributed by atoms with Gasteiger partial charge in [0.2, 0.25) is 11.6 Å². The van der Waals surface area contributed by atoms with Gasteiger partial charge in [0.25, 0.3) is 0 Å². The molecule has 0 amide bonds. The number of rotatable bonds is 9. The van der Waals surface area contributed by atoms with Gasteiger partial charge in [0.15, 0.2) is 17.3 Å². The van der Waals surface area contributed by atoms with Crippen LogP contribution >= 0.6 is 0 Å². The number of Topliss-reactive ketones (excluding diaryl/α,β-unsaturated/α-hetero) is 1. The third kappa shape index (κ3) is 4.48. The molecule has 0 atom stereocenters. The van der Waals surface area contributed by atoms with E-state index < -0.39 is 35.7 Å². The van der Waals surface area contributed by atoms with Crippen molar-refractivity contribution in [3.05, 3.63) is 58.5 Å². The van der Waals surface area contributed by atoms with Crippen molar-refractivity contribution in [3.63, 3.8) is 0 Å². The lowest BCUT2D eigenvalue weighted by molar-refractivity contribution is -0.143. The molecule has 0 aliphatic heterocycles. The van der Waals surface area contributed by atoms with Gasteiger partial charge in [-0.05, 0) is 25.3 Å². The van der Waals surface area contributed by atoms with Gasteiger partial charge in [-0.3, -0.25) is 24.0 Å². The fourth-order valence-electron chi connectivity index (χ4n) is 3.02. The van der Waals surface area contributed by atoms with Gasteiger partial charge in [0, 0.05) is 17.5 Å². The summed E-state index contributed by atoms with van der Waals surface area (Å²) in [5.41, 5.74) is 0.455. The molecule has 0 radical (unpaired) electrons. The van der Waals surface area contributed by atoms with Gasteiger partial charge in [-0.25, -0.2) is 0 Å². The highest BCUT2D eigenvalue weighted by atomic mass is 16.5. The minimum atomic E-state index is -0.881. The Morgan fingerprint density at radius 3 is 2.31 bits per heavy atom. The molecule has 8 heteroatoms. The maximum absolute atomic E-state index is 12.5. The number of carboxylic acid groups (broad SMARTS) is 1. The molecule has 2 aromatic rings. The molecule has 150 valence electrons. The zero-order chi connectivity index (χ0) is 21.0. The first-order valence-electron chi connectivity index (χ1n) is 9.11. The number of carbonyl (C=O) groups excluding carboxylic acids is 4. The van der Waals surface area contributed by atoms with Crippen LogP contribution in [0.3, 0.4) is 0 Å². The molecule has 0 spiro atoms. The van der Waals surface area contributed by atoms with E-state index in [9.17, 15) is 24.0 Å². The first kappa shape index (κ1) is 20.2. The van der Waals surface area contributed by atoms with Crippen LogP contribution in [0.5, 0.6) is 0 Å². The predicted molar refractivity (Wildman–Crippen MR) is 98.0 cm³/mol. The summed E-state index contributed by atoms with van der Waals surface area (Å²) in [7, 11) is 0. The Labute approximate surface area is 165 Å². The van der Waals surface area contributed by atoms with Crippen LogP contribution in [-0.4, -0.2) is 41.0 Å². The molecule has 1 aromatic carbocycles. The van der Waals surface area contributed by atoms with E-state index in [1.807, 2.05) is 0 Å². The molecule has 8 nitrogen and oxygen atoms in total. The van der Waals surface area contributed by atoms with Crippen molar-refractivity contribution in [2.24, 2.45) is 0 Å². The van der Waals surface area contributed by atoms with Crippen molar-refractivity contribution < 1.29 is 38.2 Å². The van der Waals surface area contributed by atoms with Gasteiger partial charge in [0.1, 0.15) is 6.42 Å². The Bertz CT molecular complexity index is 945. The van der Waals surface area contributed by atoms with Crippen molar-refractivity contribution in [1.82, 2.24) is 0 Å². The van der Waals surface area contributed by atoms with Crippen molar-refractivity contribution in [2.75, 3.05) is 6.61 Å². The first-order valence-corrected chi connectivity index (χ1v) is 9.11. The second-order valence-electron chi connectivity index (χ2n) is 6.58. The number of furan rings is 1. The van der Waals surface area contributed by atoms with Crippen LogP contribution in [-0.2, 0) is 14.3 Å². The number of ketones is 3. The number of esters is 1. The highest BCUT2D eigenvalue weighted by Crippen LogP contribution is 2.30. The summed E-state index contributed by atoms with van der Waals surface area (Å²) in [5, 5.41) is 8.54. The van der Waals surface area contributed by atoms with E-state index >= 15 is 0 Å². The molecule has 1 aromatic heterocycles. The van der Waals surface area contributed by atoms with Crippen LogP contribution in [0.1, 0.15) is 74.7 Å². The Hall–Kier alpha value is -3.55. The van der Waals surface area contributed by atoms with Crippen LogP contribution in [0.25, 0.3) is 0 Å². The minimum Gasteiger partial charge on any atom is -0.481 e. The highest BCUT2D eigenvalue weighted by molar-refractivity contribution is 6.28. The molecule has 0 bridgehead atoms. The third-order valence-corrected chi connectivity index (χ3v) is 4.48. The second kappa shape index (κ2) is 8.64. The molecule has 0 saturated heterocycles. The molecular weight excluding hydrogens is 380 g/mol. The number of hydrogen-bond donors (Lipinski definition) is 1. The summed E-state index contributed by atoms with van der Waals surface area (Å²) in [4.78, 5) is 59.5. The second-order valence-corrected chi connectivity index (χ2v) is 6.58. The standard InChI is InChI=1S/C21H18O8/c22-15(11-18(25)28-9-5-1-2-8-17(23)24)16-10-14-19(26)12-6-3-4-7-13(12)20(27)21(14)29-16/h3-4,6-7,10H,1-2,5,8-9,11H2,(H,23,24). The Kier molecular flexibility index (Phi) is 6.01. The minimum absolute atomic E-state index is 0.00356. The van der Waals surface area contributed by atoms with E-state index in [1.165, 1.54) is 18.2 Å². The van der Waals surface area contributed by atoms with E-state index in [0.29, 0.717) is 19.3 Å². The SMILES string of the molecule is O=C(O)CCCCCOC(=O)CC(=O)c1cc2c(o1)C(=O)c1ccccc1C2=O. The number of fused-ring (bicyclic) bond motifs is 2. The zero-order valence-corrected chi connectivity index (χ0v) is 15.4. The summed E-state index contributed by atoms with van der Waals surface area (Å²) in [6.45, 7) is 0.0761. The van der Waals surface area contributed by atoms with E-state index in [1.54, 1.807) is 12.1 Å². The summed E-state index contributed by atoms with van der Waals surface area (Å²) in [6.07, 6.45) is 1.02. The summed E-state index contributed by atoms with van der Waals surface area (Å²) >= 11 is 0. The van der Waals surface area contributed by atoms with Crippen molar-refractivity contribution in [3.8, 4) is 0 Å². The molecule has 1 aliphatic carbocycles. The van der Waals surface area contributed by atoms with Crippen LogP contribution in [0.4, 0.5) is 0 Å². The van der Waals surface area contributed by atoms with Gasteiger partial charge >= 0.3 is 11.9 Å². The lowest BCUT2D eigenvalue weighted by Gasteiger charge is -2.11. The number of benzene rings is 1. The molecule has 0 saturated carbocycles. The molecule has 0 fully saturated rings. The predicted octanol–water partition coefficient (Wildman–Crippen LogP) is 2.82. The van der Waals surface area contributed by atoms with E-state index in [4.69, 9.17) is 14.3 Å². The largest absolute Gasteiger partial charge is 0.481 e. The summed E-state index contributed by atoms with van der Waals surface area (Å²) in [6, 6.07) is 7.49. The number of carbonyl (C=O) groups is 5. The molecule has 1 heterocycles. The topological polar surface area (TPSA) is 128 Å². The molecule has 0 unspecified atom stereocenters. The zero-order valence-electron chi connectivity index (χ0n) is 15.4. The lowest BCUT2D eigenvalue weighted by atomic mass is 9.88. The van der Waals surface area contributed by atoms with Crippen LogP contribution in [0, 0.1) is 0 Å². The van der Waals surface area contributed by atoms with E-state index in [2.05, 4.69) is 0 Å². The van der Waals surface area contributed by atoms with E-state index in [0.717, 1.165) is 0 Å². The smallest absolute Gasteiger partial charge is 0.313 e. The number of unbranched alkanes of at least 4 members (excludes halogenated alkanes) is 2. The first-order chi connectivity index (χ1) is 13.9. The number of aliphatic carboxylic acids is 1.